The van der Waals surface area contributed by atoms with E-state index < -0.39 is 8.41 Å². The quantitative estimate of drug-likeness (QED) is 0.304. The molecule has 0 radical (unpaired) electrons. The van der Waals surface area contributed by atoms with Crippen LogP contribution in [0.25, 0.3) is 0 Å². The van der Waals surface area contributed by atoms with Gasteiger partial charge in [0.2, 0.25) is 0 Å². The summed E-state index contributed by atoms with van der Waals surface area (Å²) in [6.07, 6.45) is 6.11. The number of unbranched alkanes of at least 4 members (excludes halogenated alkanes) is 2. The molecule has 0 bridgehead atoms. The van der Waals surface area contributed by atoms with Crippen LogP contribution in [0.3, 0.4) is 0 Å². The Balaban J connectivity index is 3.90. The van der Waals surface area contributed by atoms with Crippen molar-refractivity contribution in [3.63, 3.8) is 0 Å². The predicted octanol–water partition coefficient (Wildman–Crippen LogP) is 4.69. The molecule has 0 spiro atoms. The standard InChI is InChI=1S/C11H23FSi/c1-4-7-10-13(12,9-6-3)11-8-5-2/h6H,3-5,7-11H2,1-2H3. The molecule has 0 aliphatic carbocycles. The van der Waals surface area contributed by atoms with E-state index in [1.807, 2.05) is 0 Å². The Bertz CT molecular complexity index is 126. The third kappa shape index (κ3) is 6.03. The summed E-state index contributed by atoms with van der Waals surface area (Å²) >= 11 is 0. The van der Waals surface area contributed by atoms with Gasteiger partial charge in [0, 0.05) is 0 Å². The average molecular weight is 202 g/mol. The Labute approximate surface area is 83.4 Å². The second-order valence-electron chi connectivity index (χ2n) is 3.85. The van der Waals surface area contributed by atoms with Crippen molar-refractivity contribution in [1.29, 1.82) is 0 Å². The normalized spacial score (nSPS) is 11.6. The molecule has 0 aromatic heterocycles. The van der Waals surface area contributed by atoms with E-state index in [0.717, 1.165) is 37.8 Å². The molecule has 0 amide bonds. The minimum atomic E-state index is -2.41. The molecule has 0 unspecified atom stereocenters. The van der Waals surface area contributed by atoms with Gasteiger partial charge in [0.1, 0.15) is 0 Å². The lowest BCUT2D eigenvalue weighted by Gasteiger charge is -2.20. The molecular weight excluding hydrogens is 179 g/mol. The second-order valence-corrected chi connectivity index (χ2v) is 7.56. The highest BCUT2D eigenvalue weighted by atomic mass is 28.4. The summed E-state index contributed by atoms with van der Waals surface area (Å²) in [7, 11) is -2.41. The van der Waals surface area contributed by atoms with Crippen LogP contribution in [-0.4, -0.2) is 8.41 Å². The molecule has 2 heteroatoms. The molecule has 0 aliphatic rings. The van der Waals surface area contributed by atoms with Gasteiger partial charge >= 0.3 is 0 Å². The third-order valence-electron chi connectivity index (χ3n) is 2.47. The number of hydrogen-bond donors (Lipinski definition) is 0. The predicted molar refractivity (Wildman–Crippen MR) is 61.3 cm³/mol. The van der Waals surface area contributed by atoms with Gasteiger partial charge in [-0.25, -0.2) is 0 Å². The van der Waals surface area contributed by atoms with Crippen LogP contribution in [-0.2, 0) is 0 Å². The Hall–Kier alpha value is -0.113. The highest BCUT2D eigenvalue weighted by molar-refractivity contribution is 6.73. The van der Waals surface area contributed by atoms with Crippen LogP contribution >= 0.6 is 0 Å². The zero-order valence-corrected chi connectivity index (χ0v) is 10.1. The molecular formula is C11H23FSi. The molecule has 0 fully saturated rings. The van der Waals surface area contributed by atoms with Crippen LogP contribution in [0.5, 0.6) is 0 Å². The minimum absolute atomic E-state index is 0.660. The molecule has 13 heavy (non-hydrogen) atoms. The van der Waals surface area contributed by atoms with Crippen LogP contribution in [0.2, 0.25) is 18.1 Å². The molecule has 0 atom stereocenters. The Morgan fingerprint density at radius 2 is 1.62 bits per heavy atom. The van der Waals surface area contributed by atoms with Gasteiger partial charge in [-0.15, -0.1) is 6.58 Å². The van der Waals surface area contributed by atoms with Crippen molar-refractivity contribution in [1.82, 2.24) is 0 Å². The maximum Gasteiger partial charge on any atom is 0.250 e. The van der Waals surface area contributed by atoms with Crippen molar-refractivity contribution in [3.8, 4) is 0 Å². The Morgan fingerprint density at radius 3 is 1.92 bits per heavy atom. The smallest absolute Gasteiger partial charge is 0.250 e. The summed E-state index contributed by atoms with van der Waals surface area (Å²) in [6, 6.07) is 2.35. The fourth-order valence-corrected chi connectivity index (χ4v) is 4.72. The van der Waals surface area contributed by atoms with E-state index in [9.17, 15) is 4.11 Å². The largest absolute Gasteiger partial charge is 0.313 e. The summed E-state index contributed by atoms with van der Waals surface area (Å²) < 4.78 is 14.2. The van der Waals surface area contributed by atoms with E-state index in [4.69, 9.17) is 0 Å². The molecule has 0 aromatic rings. The zero-order chi connectivity index (χ0) is 10.2. The summed E-state index contributed by atoms with van der Waals surface area (Å²) in [5.41, 5.74) is 0. The van der Waals surface area contributed by atoms with Gasteiger partial charge in [0.25, 0.3) is 8.41 Å². The fraction of sp³-hybridized carbons (Fsp3) is 0.818. The van der Waals surface area contributed by atoms with Gasteiger partial charge < -0.3 is 4.11 Å². The van der Waals surface area contributed by atoms with Crippen LogP contribution in [0.4, 0.5) is 4.11 Å². The Morgan fingerprint density at radius 1 is 1.15 bits per heavy atom. The highest BCUT2D eigenvalue weighted by Crippen LogP contribution is 2.27. The van der Waals surface area contributed by atoms with Gasteiger partial charge in [-0.1, -0.05) is 45.6 Å². The number of allylic oxidation sites excluding steroid dienone is 1. The van der Waals surface area contributed by atoms with Crippen molar-refractivity contribution in [2.24, 2.45) is 0 Å². The van der Waals surface area contributed by atoms with Gasteiger partial charge in [0.05, 0.1) is 0 Å². The summed E-state index contributed by atoms with van der Waals surface area (Å²) in [5.74, 6) is 0. The van der Waals surface area contributed by atoms with Crippen molar-refractivity contribution in [2.45, 2.75) is 57.7 Å². The summed E-state index contributed by atoms with van der Waals surface area (Å²) in [5, 5.41) is 0. The molecule has 0 saturated carbocycles. The van der Waals surface area contributed by atoms with Crippen LogP contribution in [0.1, 0.15) is 39.5 Å². The third-order valence-corrected chi connectivity index (χ3v) is 5.99. The van der Waals surface area contributed by atoms with E-state index in [1.165, 1.54) is 0 Å². The van der Waals surface area contributed by atoms with Crippen molar-refractivity contribution < 1.29 is 4.11 Å². The first-order valence-corrected chi connectivity index (χ1v) is 7.98. The first-order valence-electron chi connectivity index (χ1n) is 5.48. The fourth-order valence-electron chi connectivity index (χ4n) is 1.57. The Kier molecular flexibility index (Phi) is 7.24. The molecule has 0 saturated heterocycles. The summed E-state index contributed by atoms with van der Waals surface area (Å²) in [6.45, 7) is 7.91. The zero-order valence-electron chi connectivity index (χ0n) is 9.11. The van der Waals surface area contributed by atoms with E-state index in [2.05, 4.69) is 20.4 Å². The van der Waals surface area contributed by atoms with Gasteiger partial charge in [-0.05, 0) is 18.1 Å². The molecule has 78 valence electrons. The molecule has 0 heterocycles. The minimum Gasteiger partial charge on any atom is -0.313 e. The van der Waals surface area contributed by atoms with E-state index in [-0.39, 0.29) is 0 Å². The number of halogens is 1. The van der Waals surface area contributed by atoms with Gasteiger partial charge in [-0.3, -0.25) is 0 Å². The van der Waals surface area contributed by atoms with E-state index >= 15 is 0 Å². The lowest BCUT2D eigenvalue weighted by molar-refractivity contribution is 0.699. The molecule has 0 nitrogen and oxygen atoms in total. The molecule has 0 aliphatic heterocycles. The highest BCUT2D eigenvalue weighted by Gasteiger charge is 2.30. The van der Waals surface area contributed by atoms with Crippen LogP contribution < -0.4 is 0 Å². The second kappa shape index (κ2) is 7.31. The molecule has 0 N–H and O–H groups in total. The maximum atomic E-state index is 14.2. The molecule has 0 aromatic carbocycles. The van der Waals surface area contributed by atoms with Gasteiger partial charge in [0.15, 0.2) is 0 Å². The maximum absolute atomic E-state index is 14.2. The first kappa shape index (κ1) is 12.9. The van der Waals surface area contributed by atoms with E-state index in [0.29, 0.717) is 6.04 Å². The van der Waals surface area contributed by atoms with Crippen molar-refractivity contribution >= 4 is 8.41 Å². The first-order chi connectivity index (χ1) is 6.18. The lowest BCUT2D eigenvalue weighted by Crippen LogP contribution is -2.27. The lowest BCUT2D eigenvalue weighted by atomic mass is 10.4. The van der Waals surface area contributed by atoms with Crippen molar-refractivity contribution in [2.75, 3.05) is 0 Å². The monoisotopic (exact) mass is 202 g/mol. The van der Waals surface area contributed by atoms with Crippen molar-refractivity contribution in [3.05, 3.63) is 12.7 Å². The van der Waals surface area contributed by atoms with Crippen LogP contribution in [0, 0.1) is 0 Å². The molecule has 0 rings (SSSR count). The topological polar surface area (TPSA) is 0 Å². The SMILES string of the molecule is C=CC[Si](F)(CCCC)CCCC. The van der Waals surface area contributed by atoms with E-state index in [1.54, 1.807) is 6.08 Å². The average Bonchev–Trinajstić information content (AvgIpc) is 2.12. The number of rotatable bonds is 8. The van der Waals surface area contributed by atoms with Crippen LogP contribution in [0.15, 0.2) is 12.7 Å². The van der Waals surface area contributed by atoms with Gasteiger partial charge in [-0.2, -0.15) is 0 Å². The number of hydrogen-bond acceptors (Lipinski definition) is 0. The summed E-state index contributed by atoms with van der Waals surface area (Å²) in [4.78, 5) is 0.